The minimum absolute atomic E-state index is 0.160. The van der Waals surface area contributed by atoms with Crippen LogP contribution in [0, 0.1) is 5.92 Å². The van der Waals surface area contributed by atoms with Crippen molar-refractivity contribution in [2.75, 3.05) is 13.2 Å². The Hall–Kier alpha value is -2.17. The van der Waals surface area contributed by atoms with Crippen molar-refractivity contribution < 1.29 is 14.3 Å². The third kappa shape index (κ3) is 5.69. The van der Waals surface area contributed by atoms with Gasteiger partial charge < -0.3 is 14.8 Å². The van der Waals surface area contributed by atoms with E-state index in [1.807, 2.05) is 48.5 Å². The zero-order chi connectivity index (χ0) is 17.3. The van der Waals surface area contributed by atoms with Crippen molar-refractivity contribution in [3.8, 4) is 0 Å². The summed E-state index contributed by atoms with van der Waals surface area (Å²) in [5.74, 6) is 0.286. The molecular weight excluding hydrogens is 314 g/mol. The molecule has 1 aliphatic heterocycles. The Morgan fingerprint density at radius 2 is 1.56 bits per heavy atom. The largest absolute Gasteiger partial charge is 0.460 e. The van der Waals surface area contributed by atoms with E-state index in [0.717, 1.165) is 24.9 Å². The first kappa shape index (κ1) is 17.6. The Morgan fingerprint density at radius 1 is 0.920 bits per heavy atom. The molecule has 1 saturated heterocycles. The van der Waals surface area contributed by atoms with Crippen LogP contribution in [0.4, 0.5) is 0 Å². The number of rotatable bonds is 7. The lowest BCUT2D eigenvalue weighted by atomic mass is 9.95. The lowest BCUT2D eigenvalue weighted by molar-refractivity contribution is -0.148. The molecule has 2 aromatic carbocycles. The molecule has 0 bridgehead atoms. The lowest BCUT2D eigenvalue weighted by Gasteiger charge is -2.28. The van der Waals surface area contributed by atoms with E-state index < -0.39 is 0 Å². The summed E-state index contributed by atoms with van der Waals surface area (Å²) in [5, 5.41) is 3.30. The van der Waals surface area contributed by atoms with E-state index in [1.165, 1.54) is 5.56 Å². The van der Waals surface area contributed by atoms with Gasteiger partial charge >= 0.3 is 5.97 Å². The predicted molar refractivity (Wildman–Crippen MR) is 96.9 cm³/mol. The number of nitrogens with one attached hydrogen (secondary N) is 1. The second kappa shape index (κ2) is 9.35. The molecule has 0 amide bonds. The third-order valence-electron chi connectivity index (χ3n) is 4.49. The van der Waals surface area contributed by atoms with E-state index in [9.17, 15) is 4.79 Å². The summed E-state index contributed by atoms with van der Waals surface area (Å²) in [4.78, 5) is 12.2. The number of esters is 1. The minimum Gasteiger partial charge on any atom is -0.460 e. The maximum atomic E-state index is 12.2. The van der Waals surface area contributed by atoms with Gasteiger partial charge in [-0.05, 0) is 29.9 Å². The Kier molecular flexibility index (Phi) is 6.60. The van der Waals surface area contributed by atoms with Gasteiger partial charge in [0.25, 0.3) is 0 Å². The van der Waals surface area contributed by atoms with Crippen LogP contribution in [-0.2, 0) is 27.5 Å². The molecule has 0 aromatic heterocycles. The van der Waals surface area contributed by atoms with Gasteiger partial charge in [0, 0.05) is 6.54 Å². The number of benzene rings is 2. The zero-order valence-corrected chi connectivity index (χ0v) is 14.4. The molecule has 25 heavy (non-hydrogen) atoms. The fourth-order valence-corrected chi connectivity index (χ4v) is 3.01. The zero-order valence-electron chi connectivity index (χ0n) is 14.4. The minimum atomic E-state index is -0.200. The van der Waals surface area contributed by atoms with E-state index >= 15 is 0 Å². The van der Waals surface area contributed by atoms with Crippen LogP contribution in [0.15, 0.2) is 60.7 Å². The standard InChI is InChI=1S/C21H25NO3/c23-21(25-16-18-9-5-2-6-10-18)20-12-11-19(13-22-20)15-24-14-17-7-3-1-4-8-17/h1-10,19-20,22H,11-16H2/t19-,20+/m1/s1. The van der Waals surface area contributed by atoms with Crippen LogP contribution >= 0.6 is 0 Å². The first-order chi connectivity index (χ1) is 12.3. The van der Waals surface area contributed by atoms with Crippen LogP contribution in [0.5, 0.6) is 0 Å². The summed E-state index contributed by atoms with van der Waals surface area (Å²) in [6, 6.07) is 19.7. The second-order valence-corrected chi connectivity index (χ2v) is 6.50. The molecule has 132 valence electrons. The molecule has 4 nitrogen and oxygen atoms in total. The van der Waals surface area contributed by atoms with Gasteiger partial charge in [-0.3, -0.25) is 4.79 Å². The summed E-state index contributed by atoms with van der Waals surface area (Å²) in [6.07, 6.45) is 1.78. The van der Waals surface area contributed by atoms with Crippen molar-refractivity contribution >= 4 is 5.97 Å². The molecule has 1 fully saturated rings. The average Bonchev–Trinajstić information content (AvgIpc) is 2.68. The fraction of sp³-hybridized carbons (Fsp3) is 0.381. The highest BCUT2D eigenvalue weighted by molar-refractivity contribution is 5.75. The van der Waals surface area contributed by atoms with Crippen molar-refractivity contribution in [1.29, 1.82) is 0 Å². The van der Waals surface area contributed by atoms with Gasteiger partial charge in [0.2, 0.25) is 0 Å². The Labute approximate surface area is 149 Å². The summed E-state index contributed by atoms with van der Waals surface area (Å²) < 4.78 is 11.2. The second-order valence-electron chi connectivity index (χ2n) is 6.50. The smallest absolute Gasteiger partial charge is 0.323 e. The lowest BCUT2D eigenvalue weighted by Crippen LogP contribution is -2.45. The molecule has 3 rings (SSSR count). The molecule has 2 aromatic rings. The summed E-state index contributed by atoms with van der Waals surface area (Å²) in [5.41, 5.74) is 2.20. The van der Waals surface area contributed by atoms with E-state index in [2.05, 4.69) is 17.4 Å². The molecule has 1 aliphatic rings. The topological polar surface area (TPSA) is 47.6 Å². The van der Waals surface area contributed by atoms with Crippen LogP contribution in [0.3, 0.4) is 0 Å². The maximum Gasteiger partial charge on any atom is 0.323 e. The van der Waals surface area contributed by atoms with Crippen molar-refractivity contribution in [3.05, 3.63) is 71.8 Å². The maximum absolute atomic E-state index is 12.2. The van der Waals surface area contributed by atoms with Crippen LogP contribution < -0.4 is 5.32 Å². The van der Waals surface area contributed by atoms with Crippen molar-refractivity contribution in [2.45, 2.75) is 32.1 Å². The molecule has 0 unspecified atom stereocenters. The highest BCUT2D eigenvalue weighted by Gasteiger charge is 2.26. The molecule has 0 saturated carbocycles. The molecule has 0 aliphatic carbocycles. The molecular formula is C21H25NO3. The first-order valence-corrected chi connectivity index (χ1v) is 8.87. The number of piperidine rings is 1. The Balaban J connectivity index is 1.33. The van der Waals surface area contributed by atoms with Crippen LogP contribution in [-0.4, -0.2) is 25.2 Å². The molecule has 2 atom stereocenters. The van der Waals surface area contributed by atoms with Gasteiger partial charge in [-0.1, -0.05) is 60.7 Å². The molecule has 0 spiro atoms. The number of carbonyl (C=O) groups is 1. The highest BCUT2D eigenvalue weighted by atomic mass is 16.5. The SMILES string of the molecule is O=C(OCc1ccccc1)[C@@H]1CC[C@@H](COCc2ccccc2)CN1. The summed E-state index contributed by atoms with van der Waals surface area (Å²) in [6.45, 7) is 2.48. The molecule has 1 heterocycles. The van der Waals surface area contributed by atoms with Gasteiger partial charge in [0.1, 0.15) is 12.6 Å². The average molecular weight is 339 g/mol. The van der Waals surface area contributed by atoms with Crippen molar-refractivity contribution in [3.63, 3.8) is 0 Å². The van der Waals surface area contributed by atoms with E-state index in [-0.39, 0.29) is 12.0 Å². The van der Waals surface area contributed by atoms with Crippen molar-refractivity contribution in [1.82, 2.24) is 5.32 Å². The van der Waals surface area contributed by atoms with Crippen LogP contribution in [0.1, 0.15) is 24.0 Å². The van der Waals surface area contributed by atoms with E-state index in [1.54, 1.807) is 0 Å². The Bertz CT molecular complexity index is 637. The molecule has 1 N–H and O–H groups in total. The monoisotopic (exact) mass is 339 g/mol. The third-order valence-corrected chi connectivity index (χ3v) is 4.49. The van der Waals surface area contributed by atoms with Crippen LogP contribution in [0.25, 0.3) is 0 Å². The van der Waals surface area contributed by atoms with E-state index in [4.69, 9.17) is 9.47 Å². The van der Waals surface area contributed by atoms with Gasteiger partial charge in [-0.2, -0.15) is 0 Å². The van der Waals surface area contributed by atoms with Gasteiger partial charge in [-0.15, -0.1) is 0 Å². The highest BCUT2D eigenvalue weighted by Crippen LogP contribution is 2.17. The number of hydrogen-bond donors (Lipinski definition) is 1. The normalized spacial score (nSPS) is 20.2. The quantitative estimate of drug-likeness (QED) is 0.786. The number of hydrogen-bond acceptors (Lipinski definition) is 4. The summed E-state index contributed by atoms with van der Waals surface area (Å²) >= 11 is 0. The van der Waals surface area contributed by atoms with Gasteiger partial charge in [-0.25, -0.2) is 0 Å². The van der Waals surface area contributed by atoms with Gasteiger partial charge in [0.05, 0.1) is 13.2 Å². The first-order valence-electron chi connectivity index (χ1n) is 8.87. The molecule has 0 radical (unpaired) electrons. The van der Waals surface area contributed by atoms with Crippen LogP contribution in [0.2, 0.25) is 0 Å². The van der Waals surface area contributed by atoms with E-state index in [0.29, 0.717) is 25.7 Å². The fourth-order valence-electron chi connectivity index (χ4n) is 3.01. The predicted octanol–water partition coefficient (Wildman–Crippen LogP) is 3.31. The number of ether oxygens (including phenoxy) is 2. The summed E-state index contributed by atoms with van der Waals surface area (Å²) in [7, 11) is 0. The van der Waals surface area contributed by atoms with Gasteiger partial charge in [0.15, 0.2) is 0 Å². The van der Waals surface area contributed by atoms with Crippen molar-refractivity contribution in [2.24, 2.45) is 5.92 Å². The number of carbonyl (C=O) groups excluding carboxylic acids is 1. The Morgan fingerprint density at radius 3 is 2.16 bits per heavy atom. The molecule has 4 heteroatoms.